The van der Waals surface area contributed by atoms with Gasteiger partial charge in [0, 0.05) is 0 Å². The van der Waals surface area contributed by atoms with Crippen LogP contribution in [0, 0.1) is 17.5 Å². The summed E-state index contributed by atoms with van der Waals surface area (Å²) < 4.78 is 44.1. The van der Waals surface area contributed by atoms with Crippen molar-refractivity contribution in [3.05, 3.63) is 47.9 Å². The average molecular weight is 311 g/mol. The maximum Gasteiger partial charge on any atom is 0.412 e. The first-order valence-corrected chi connectivity index (χ1v) is 6.31. The minimum absolute atomic E-state index is 0.223. The highest BCUT2D eigenvalue weighted by Crippen LogP contribution is 2.23. The lowest BCUT2D eigenvalue weighted by Crippen LogP contribution is -2.14. The molecule has 0 aliphatic rings. The highest BCUT2D eigenvalue weighted by atomic mass is 19.2. The predicted molar refractivity (Wildman–Crippen MR) is 74.5 cm³/mol. The SMILES string of the molecule is CCOC(=O)Nc1ccc(Nc2ccc(F)c(F)c2F)cn1. The largest absolute Gasteiger partial charge is 0.450 e. The normalized spacial score (nSPS) is 10.2. The van der Waals surface area contributed by atoms with Crippen LogP contribution >= 0.6 is 0 Å². The van der Waals surface area contributed by atoms with Gasteiger partial charge in [-0.15, -0.1) is 0 Å². The lowest BCUT2D eigenvalue weighted by Gasteiger charge is -2.09. The maximum absolute atomic E-state index is 13.5. The predicted octanol–water partition coefficient (Wildman–Crippen LogP) is 3.81. The van der Waals surface area contributed by atoms with Gasteiger partial charge in [0.25, 0.3) is 0 Å². The second kappa shape index (κ2) is 6.79. The molecule has 0 atom stereocenters. The van der Waals surface area contributed by atoms with Gasteiger partial charge in [-0.2, -0.15) is 0 Å². The lowest BCUT2D eigenvalue weighted by atomic mass is 10.2. The molecule has 0 bridgehead atoms. The van der Waals surface area contributed by atoms with Gasteiger partial charge in [-0.25, -0.2) is 22.9 Å². The molecule has 0 spiro atoms. The van der Waals surface area contributed by atoms with E-state index in [4.69, 9.17) is 0 Å². The summed E-state index contributed by atoms with van der Waals surface area (Å²) in [5.74, 6) is -3.92. The van der Waals surface area contributed by atoms with Crippen LogP contribution in [0.15, 0.2) is 30.5 Å². The van der Waals surface area contributed by atoms with Crippen LogP contribution in [0.1, 0.15) is 6.92 Å². The Morgan fingerprint density at radius 2 is 1.95 bits per heavy atom. The Labute approximate surface area is 124 Å². The molecule has 0 aliphatic heterocycles. The Bertz CT molecular complexity index is 678. The van der Waals surface area contributed by atoms with Gasteiger partial charge in [-0.3, -0.25) is 5.32 Å². The van der Waals surface area contributed by atoms with E-state index in [-0.39, 0.29) is 18.1 Å². The molecule has 1 aromatic heterocycles. The number of ether oxygens (including phenoxy) is 1. The quantitative estimate of drug-likeness (QED) is 0.843. The molecule has 0 saturated heterocycles. The Kier molecular flexibility index (Phi) is 4.82. The fourth-order valence-corrected chi connectivity index (χ4v) is 1.59. The minimum atomic E-state index is -1.56. The van der Waals surface area contributed by atoms with Crippen molar-refractivity contribution in [2.75, 3.05) is 17.2 Å². The van der Waals surface area contributed by atoms with Crippen LogP contribution in [0.4, 0.5) is 35.2 Å². The fourth-order valence-electron chi connectivity index (χ4n) is 1.59. The second-order valence-electron chi connectivity index (χ2n) is 4.13. The Hall–Kier alpha value is -2.77. The molecule has 2 rings (SSSR count). The molecule has 22 heavy (non-hydrogen) atoms. The van der Waals surface area contributed by atoms with Crippen molar-refractivity contribution in [1.82, 2.24) is 4.98 Å². The van der Waals surface area contributed by atoms with Crippen molar-refractivity contribution in [3.63, 3.8) is 0 Å². The third-order valence-electron chi connectivity index (χ3n) is 2.58. The number of halogens is 3. The van der Waals surface area contributed by atoms with E-state index in [1.807, 2.05) is 0 Å². The van der Waals surface area contributed by atoms with E-state index in [9.17, 15) is 18.0 Å². The number of hydrogen-bond donors (Lipinski definition) is 2. The third-order valence-corrected chi connectivity index (χ3v) is 2.58. The fraction of sp³-hybridized carbons (Fsp3) is 0.143. The summed E-state index contributed by atoms with van der Waals surface area (Å²) in [5, 5.41) is 4.94. The number of aromatic nitrogens is 1. The zero-order valence-corrected chi connectivity index (χ0v) is 11.5. The van der Waals surface area contributed by atoms with Gasteiger partial charge in [0.15, 0.2) is 17.5 Å². The molecule has 0 saturated carbocycles. The van der Waals surface area contributed by atoms with Gasteiger partial charge < -0.3 is 10.1 Å². The number of pyridine rings is 1. The Morgan fingerprint density at radius 3 is 2.59 bits per heavy atom. The Morgan fingerprint density at radius 1 is 1.18 bits per heavy atom. The van der Waals surface area contributed by atoms with Gasteiger partial charge in [0.2, 0.25) is 0 Å². The molecule has 1 amide bonds. The van der Waals surface area contributed by atoms with Crippen molar-refractivity contribution < 1.29 is 22.7 Å². The topological polar surface area (TPSA) is 63.2 Å². The van der Waals surface area contributed by atoms with E-state index in [0.717, 1.165) is 12.1 Å². The first-order valence-electron chi connectivity index (χ1n) is 6.31. The number of amides is 1. The minimum Gasteiger partial charge on any atom is -0.450 e. The van der Waals surface area contributed by atoms with Crippen LogP contribution < -0.4 is 10.6 Å². The van der Waals surface area contributed by atoms with Crippen LogP contribution in [0.25, 0.3) is 0 Å². The molecule has 0 radical (unpaired) electrons. The number of hydrogen-bond acceptors (Lipinski definition) is 4. The first kappa shape index (κ1) is 15.6. The second-order valence-corrected chi connectivity index (χ2v) is 4.13. The van der Waals surface area contributed by atoms with E-state index in [1.165, 1.54) is 18.3 Å². The molecule has 8 heteroatoms. The van der Waals surface area contributed by atoms with E-state index < -0.39 is 23.5 Å². The smallest absolute Gasteiger partial charge is 0.412 e. The maximum atomic E-state index is 13.5. The van der Waals surface area contributed by atoms with Crippen LogP contribution in [-0.2, 0) is 4.74 Å². The molecule has 0 unspecified atom stereocenters. The molecule has 1 heterocycles. The van der Waals surface area contributed by atoms with Crippen LogP contribution in [0.3, 0.4) is 0 Å². The molecule has 5 nitrogen and oxygen atoms in total. The molecular weight excluding hydrogens is 299 g/mol. The highest BCUT2D eigenvalue weighted by Gasteiger charge is 2.13. The zero-order valence-electron chi connectivity index (χ0n) is 11.5. The van der Waals surface area contributed by atoms with Crippen LogP contribution in [0.2, 0.25) is 0 Å². The summed E-state index contributed by atoms with van der Waals surface area (Å²) in [6.07, 6.45) is 0.643. The number of nitrogens with zero attached hydrogens (tertiary/aromatic N) is 1. The molecule has 1 aromatic carbocycles. The zero-order chi connectivity index (χ0) is 16.1. The van der Waals surface area contributed by atoms with E-state index in [1.54, 1.807) is 6.92 Å². The number of nitrogens with one attached hydrogen (secondary N) is 2. The Balaban J connectivity index is 2.09. The number of anilines is 3. The van der Waals surface area contributed by atoms with E-state index in [0.29, 0.717) is 5.69 Å². The molecule has 0 fully saturated rings. The van der Waals surface area contributed by atoms with Crippen molar-refractivity contribution in [2.24, 2.45) is 0 Å². The molecule has 0 aliphatic carbocycles. The standard InChI is InChI=1S/C14H12F3N3O2/c1-2-22-14(21)20-11-6-3-8(7-18-11)19-10-5-4-9(15)12(16)13(10)17/h3-7,19H,2H2,1H3,(H,18,20,21). The monoisotopic (exact) mass is 311 g/mol. The van der Waals surface area contributed by atoms with E-state index >= 15 is 0 Å². The summed E-state index contributed by atoms with van der Waals surface area (Å²) in [5.41, 5.74) is 0.103. The average Bonchev–Trinajstić information content (AvgIpc) is 2.50. The summed E-state index contributed by atoms with van der Waals surface area (Å²) in [6.45, 7) is 1.89. The molecular formula is C14H12F3N3O2. The van der Waals surface area contributed by atoms with E-state index in [2.05, 4.69) is 20.4 Å². The summed E-state index contributed by atoms with van der Waals surface area (Å²) in [6, 6.07) is 4.80. The van der Waals surface area contributed by atoms with Gasteiger partial charge in [-0.1, -0.05) is 0 Å². The van der Waals surface area contributed by atoms with Crippen molar-refractivity contribution in [3.8, 4) is 0 Å². The first-order chi connectivity index (χ1) is 10.5. The van der Waals surface area contributed by atoms with Crippen molar-refractivity contribution in [1.29, 1.82) is 0 Å². The van der Waals surface area contributed by atoms with Gasteiger partial charge >= 0.3 is 6.09 Å². The number of carbonyl (C=O) groups is 1. The summed E-state index contributed by atoms with van der Waals surface area (Å²) in [4.78, 5) is 15.1. The summed E-state index contributed by atoms with van der Waals surface area (Å²) in [7, 11) is 0. The molecule has 2 N–H and O–H groups in total. The lowest BCUT2D eigenvalue weighted by molar-refractivity contribution is 0.168. The molecule has 116 valence electrons. The van der Waals surface area contributed by atoms with Crippen LogP contribution in [0.5, 0.6) is 0 Å². The number of benzene rings is 1. The van der Waals surface area contributed by atoms with Gasteiger partial charge in [0.1, 0.15) is 5.82 Å². The summed E-state index contributed by atoms with van der Waals surface area (Å²) >= 11 is 0. The molecule has 2 aromatic rings. The van der Waals surface area contributed by atoms with Gasteiger partial charge in [-0.05, 0) is 31.2 Å². The van der Waals surface area contributed by atoms with Gasteiger partial charge in [0.05, 0.1) is 24.2 Å². The number of carbonyl (C=O) groups excluding carboxylic acids is 1. The van der Waals surface area contributed by atoms with Crippen LogP contribution in [-0.4, -0.2) is 17.7 Å². The highest BCUT2D eigenvalue weighted by molar-refractivity contribution is 5.83. The van der Waals surface area contributed by atoms with Crippen molar-refractivity contribution in [2.45, 2.75) is 6.92 Å². The number of rotatable bonds is 4. The third kappa shape index (κ3) is 3.66. The van der Waals surface area contributed by atoms with Crippen molar-refractivity contribution >= 4 is 23.3 Å².